The maximum absolute atomic E-state index is 6.41. The van der Waals surface area contributed by atoms with Crippen molar-refractivity contribution in [1.29, 1.82) is 0 Å². The molecule has 0 atom stereocenters. The molecule has 0 fully saturated rings. The highest BCUT2D eigenvalue weighted by Crippen LogP contribution is 2.47. The number of hydrogen-bond acceptors (Lipinski definition) is 6. The van der Waals surface area contributed by atoms with Crippen molar-refractivity contribution in [3.8, 4) is 32.8 Å². The van der Waals surface area contributed by atoms with Crippen molar-refractivity contribution in [1.82, 2.24) is 4.98 Å². The summed E-state index contributed by atoms with van der Waals surface area (Å²) in [5.74, 6) is 0. The van der Waals surface area contributed by atoms with Gasteiger partial charge in [0, 0.05) is 79.8 Å². The van der Waals surface area contributed by atoms with E-state index in [4.69, 9.17) is 9.40 Å². The second kappa shape index (κ2) is 13.7. The zero-order valence-corrected chi connectivity index (χ0v) is 35.0. The maximum Gasteiger partial charge on any atom is 0.137 e. The molecular weight excluding hydrogens is 801 g/mol. The number of nitrogens with zero attached hydrogens (tertiary/aromatic N) is 2. The van der Waals surface area contributed by atoms with Crippen LogP contribution in [-0.4, -0.2) is 4.98 Å². The Morgan fingerprint density at radius 1 is 0.377 bits per heavy atom. The summed E-state index contributed by atoms with van der Waals surface area (Å²) in [4.78, 5) is 7.62. The molecule has 4 heterocycles. The largest absolute Gasteiger partial charge is 0.456 e. The summed E-state index contributed by atoms with van der Waals surface area (Å²) in [6.07, 6.45) is 0. The standard InChI is InChI=1S/C55H32N2OS3/c1-2-10-33(11-3-1)34-20-23-37(24-21-34)57(39-25-26-41-40-14-4-6-18-47(40)58-48(41)32-39)38-13-8-12-35(30-38)36-22-28-50-45(31-36)52-51(59-50)29-27-46-54(52)61-55(56-46)44-17-9-16-43-42-15-5-7-19-49(42)60-53(43)44/h1-32H. The van der Waals surface area contributed by atoms with Crippen molar-refractivity contribution in [2.45, 2.75) is 0 Å². The molecule has 6 heteroatoms. The second-order valence-electron chi connectivity index (χ2n) is 15.5. The van der Waals surface area contributed by atoms with E-state index in [1.165, 1.54) is 67.3 Å². The van der Waals surface area contributed by atoms with E-state index in [1.807, 2.05) is 46.1 Å². The highest BCUT2D eigenvalue weighted by atomic mass is 32.1. The van der Waals surface area contributed by atoms with Gasteiger partial charge in [0.15, 0.2) is 0 Å². The molecular formula is C55H32N2OS3. The number of benzene rings is 9. The minimum Gasteiger partial charge on any atom is -0.456 e. The average Bonchev–Trinajstić information content (AvgIpc) is 4.10. The van der Waals surface area contributed by atoms with Crippen molar-refractivity contribution in [2.75, 3.05) is 4.90 Å². The van der Waals surface area contributed by atoms with Gasteiger partial charge in [0.1, 0.15) is 16.2 Å². The lowest BCUT2D eigenvalue weighted by atomic mass is 10.0. The van der Waals surface area contributed by atoms with Gasteiger partial charge in [-0.3, -0.25) is 0 Å². The van der Waals surface area contributed by atoms with Crippen LogP contribution < -0.4 is 4.90 Å². The molecule has 0 saturated carbocycles. The van der Waals surface area contributed by atoms with Gasteiger partial charge in [-0.1, -0.05) is 115 Å². The van der Waals surface area contributed by atoms with Crippen molar-refractivity contribution in [3.63, 3.8) is 0 Å². The lowest BCUT2D eigenvalue weighted by Gasteiger charge is -2.26. The van der Waals surface area contributed by atoms with Crippen LogP contribution in [0.4, 0.5) is 17.1 Å². The fourth-order valence-corrected chi connectivity index (χ4v) is 12.6. The zero-order chi connectivity index (χ0) is 40.0. The molecule has 0 amide bonds. The Morgan fingerprint density at radius 2 is 1.05 bits per heavy atom. The number of anilines is 3. The van der Waals surface area contributed by atoms with Crippen LogP contribution in [0.3, 0.4) is 0 Å². The van der Waals surface area contributed by atoms with Gasteiger partial charge in [-0.15, -0.1) is 34.0 Å². The van der Waals surface area contributed by atoms with Crippen molar-refractivity contribution in [2.24, 2.45) is 0 Å². The summed E-state index contributed by atoms with van der Waals surface area (Å²) in [6.45, 7) is 0. The van der Waals surface area contributed by atoms with E-state index in [0.717, 1.165) is 55.1 Å². The molecule has 0 radical (unpaired) electrons. The molecule has 4 aromatic heterocycles. The lowest BCUT2D eigenvalue weighted by molar-refractivity contribution is 0.669. The van der Waals surface area contributed by atoms with E-state index in [1.54, 1.807) is 0 Å². The molecule has 13 rings (SSSR count). The molecule has 0 aliphatic rings. The molecule has 0 unspecified atom stereocenters. The summed E-state index contributed by atoms with van der Waals surface area (Å²) in [7, 11) is 0. The number of para-hydroxylation sites is 1. The quantitative estimate of drug-likeness (QED) is 0.167. The van der Waals surface area contributed by atoms with Crippen LogP contribution in [0.15, 0.2) is 199 Å². The molecule has 61 heavy (non-hydrogen) atoms. The predicted molar refractivity (Wildman–Crippen MR) is 264 cm³/mol. The molecule has 13 aromatic rings. The van der Waals surface area contributed by atoms with Gasteiger partial charge in [0.2, 0.25) is 0 Å². The first-order valence-corrected chi connectivity index (χ1v) is 22.8. The number of aromatic nitrogens is 1. The fourth-order valence-electron chi connectivity index (χ4n) is 9.02. The molecule has 3 nitrogen and oxygen atoms in total. The summed E-state index contributed by atoms with van der Waals surface area (Å²) in [5.41, 5.74) is 11.9. The molecule has 0 N–H and O–H groups in total. The third-order valence-electron chi connectivity index (χ3n) is 11.9. The summed E-state index contributed by atoms with van der Waals surface area (Å²) >= 11 is 5.54. The third kappa shape index (κ3) is 5.64. The van der Waals surface area contributed by atoms with Gasteiger partial charge >= 0.3 is 0 Å². The van der Waals surface area contributed by atoms with Crippen LogP contribution in [0.2, 0.25) is 0 Å². The summed E-state index contributed by atoms with van der Waals surface area (Å²) in [6, 6.07) is 69.9. The minimum absolute atomic E-state index is 0.869. The first-order chi connectivity index (χ1) is 30.2. The van der Waals surface area contributed by atoms with E-state index in [0.29, 0.717) is 0 Å². The Bertz CT molecular complexity index is 3840. The minimum atomic E-state index is 0.869. The van der Waals surface area contributed by atoms with Crippen LogP contribution in [-0.2, 0) is 0 Å². The summed E-state index contributed by atoms with van der Waals surface area (Å²) < 4.78 is 12.8. The first kappa shape index (κ1) is 34.7. The Balaban J connectivity index is 0.935. The number of thiazole rings is 1. The molecule has 0 saturated heterocycles. The van der Waals surface area contributed by atoms with E-state index < -0.39 is 0 Å². The van der Waals surface area contributed by atoms with Gasteiger partial charge in [-0.2, -0.15) is 0 Å². The third-order valence-corrected chi connectivity index (χ3v) is 15.4. The van der Waals surface area contributed by atoms with Crippen LogP contribution >= 0.6 is 34.0 Å². The van der Waals surface area contributed by atoms with E-state index >= 15 is 0 Å². The topological polar surface area (TPSA) is 29.3 Å². The number of hydrogen-bond donors (Lipinski definition) is 0. The molecule has 0 bridgehead atoms. The smallest absolute Gasteiger partial charge is 0.137 e. The number of rotatable bonds is 6. The van der Waals surface area contributed by atoms with Gasteiger partial charge < -0.3 is 9.32 Å². The molecule has 0 aliphatic heterocycles. The van der Waals surface area contributed by atoms with Gasteiger partial charge in [-0.05, 0) is 95.1 Å². The zero-order valence-electron chi connectivity index (χ0n) is 32.5. The van der Waals surface area contributed by atoms with Crippen molar-refractivity contribution < 1.29 is 4.42 Å². The van der Waals surface area contributed by atoms with Crippen LogP contribution in [0.1, 0.15) is 0 Å². The summed E-state index contributed by atoms with van der Waals surface area (Å²) in [5, 5.41) is 8.48. The lowest BCUT2D eigenvalue weighted by Crippen LogP contribution is -2.10. The van der Waals surface area contributed by atoms with Crippen LogP contribution in [0.5, 0.6) is 0 Å². The van der Waals surface area contributed by atoms with E-state index in [-0.39, 0.29) is 0 Å². The normalized spacial score (nSPS) is 11.9. The van der Waals surface area contributed by atoms with E-state index in [2.05, 4.69) is 187 Å². The average molecular weight is 833 g/mol. The predicted octanol–water partition coefficient (Wildman–Crippen LogP) is 17.4. The number of furan rings is 1. The van der Waals surface area contributed by atoms with Gasteiger partial charge in [-0.25, -0.2) is 4.98 Å². The highest BCUT2D eigenvalue weighted by molar-refractivity contribution is 7.29. The van der Waals surface area contributed by atoms with Crippen LogP contribution in [0.25, 0.3) is 105 Å². The van der Waals surface area contributed by atoms with Gasteiger partial charge in [0.25, 0.3) is 0 Å². The van der Waals surface area contributed by atoms with Gasteiger partial charge in [0.05, 0.1) is 10.2 Å². The number of thiophene rings is 2. The van der Waals surface area contributed by atoms with Crippen molar-refractivity contribution >= 4 is 124 Å². The Labute approximate surface area is 362 Å². The highest BCUT2D eigenvalue weighted by Gasteiger charge is 2.20. The SMILES string of the molecule is c1ccc(-c2ccc(N(c3cccc(-c4ccc5sc6ccc7nc(-c8cccc9c8sc8ccccc89)sc7c6c5c4)c3)c3ccc4c(c3)oc3ccccc34)cc2)cc1. The Kier molecular flexibility index (Phi) is 7.82. The molecule has 0 spiro atoms. The number of fused-ring (bicyclic) bond motifs is 11. The molecule has 9 aromatic carbocycles. The second-order valence-corrected chi connectivity index (χ2v) is 18.6. The van der Waals surface area contributed by atoms with Crippen LogP contribution in [0, 0.1) is 0 Å². The fraction of sp³-hybridized carbons (Fsp3) is 0. The molecule has 0 aliphatic carbocycles. The molecule has 286 valence electrons. The monoisotopic (exact) mass is 832 g/mol. The Morgan fingerprint density at radius 3 is 1.97 bits per heavy atom. The maximum atomic E-state index is 6.41. The first-order valence-electron chi connectivity index (χ1n) is 20.3. The van der Waals surface area contributed by atoms with E-state index in [9.17, 15) is 0 Å². The van der Waals surface area contributed by atoms with Crippen molar-refractivity contribution in [3.05, 3.63) is 194 Å². The Hall–Kier alpha value is -7.09.